The normalized spacial score (nSPS) is 17.4. The van der Waals surface area contributed by atoms with Crippen molar-refractivity contribution in [1.29, 1.82) is 0 Å². The quantitative estimate of drug-likeness (QED) is 0.582. The summed E-state index contributed by atoms with van der Waals surface area (Å²) < 4.78 is 33.7. The van der Waals surface area contributed by atoms with Gasteiger partial charge in [0.15, 0.2) is 5.58 Å². The van der Waals surface area contributed by atoms with E-state index in [1.807, 2.05) is 10.3 Å². The Morgan fingerprint density at radius 1 is 1.13 bits per heavy atom. The number of benzene rings is 1. The molecule has 2 aliphatic heterocycles. The first kappa shape index (κ1) is 20.5. The molecule has 2 aliphatic rings. The van der Waals surface area contributed by atoms with Crippen LogP contribution in [0.4, 0.5) is 0 Å². The van der Waals surface area contributed by atoms with Crippen LogP contribution in [0.5, 0.6) is 0 Å². The summed E-state index contributed by atoms with van der Waals surface area (Å²) in [4.78, 5) is 28.4. The number of hydrogen-bond donors (Lipinski definition) is 0. The number of aryl methyl sites for hydroxylation is 1. The van der Waals surface area contributed by atoms with Gasteiger partial charge in [-0.1, -0.05) is 0 Å². The number of thiophene rings is 1. The molecular formula is C21H23N3O5S2. The van der Waals surface area contributed by atoms with Crippen LogP contribution in [-0.2, 0) is 34.3 Å². The zero-order valence-electron chi connectivity index (χ0n) is 17.0. The summed E-state index contributed by atoms with van der Waals surface area (Å²) in [6, 6.07) is 6.56. The molecule has 1 fully saturated rings. The van der Waals surface area contributed by atoms with Crippen molar-refractivity contribution < 1.29 is 17.6 Å². The first-order valence-electron chi connectivity index (χ1n) is 10.4. The molecule has 31 heavy (non-hydrogen) atoms. The van der Waals surface area contributed by atoms with Gasteiger partial charge in [0.05, 0.1) is 10.4 Å². The monoisotopic (exact) mass is 461 g/mol. The predicted molar refractivity (Wildman–Crippen MR) is 117 cm³/mol. The smallest absolute Gasteiger partial charge is 0.408 e. The highest BCUT2D eigenvalue weighted by atomic mass is 32.2. The number of rotatable bonds is 5. The molecule has 5 rings (SSSR count). The molecule has 2 aromatic heterocycles. The molecule has 164 valence electrons. The Balaban J connectivity index is 1.33. The SMILES string of the molecule is O=C(CCn1c(=O)oc2cc(S(=O)(=O)N3CCCC3)ccc21)N1CCc2sccc2C1. The largest absolute Gasteiger partial charge is 0.419 e. The van der Waals surface area contributed by atoms with Crippen molar-refractivity contribution in [2.45, 2.75) is 43.7 Å². The van der Waals surface area contributed by atoms with Gasteiger partial charge >= 0.3 is 5.76 Å². The summed E-state index contributed by atoms with van der Waals surface area (Å²) in [5.41, 5.74) is 1.91. The van der Waals surface area contributed by atoms with Crippen LogP contribution >= 0.6 is 11.3 Å². The van der Waals surface area contributed by atoms with Gasteiger partial charge in [-0.25, -0.2) is 13.2 Å². The number of carbonyl (C=O) groups is 1. The second-order valence-electron chi connectivity index (χ2n) is 7.94. The number of hydrogen-bond acceptors (Lipinski definition) is 6. The Morgan fingerprint density at radius 3 is 2.74 bits per heavy atom. The number of aromatic nitrogens is 1. The fraction of sp³-hybridized carbons (Fsp3) is 0.429. The molecule has 1 amide bonds. The van der Waals surface area contributed by atoms with E-state index in [0.717, 1.165) is 19.3 Å². The number of oxazole rings is 1. The molecule has 1 aromatic carbocycles. The van der Waals surface area contributed by atoms with Gasteiger partial charge < -0.3 is 9.32 Å². The third-order valence-corrected chi connectivity index (χ3v) is 8.97. The molecule has 0 N–H and O–H groups in total. The fourth-order valence-electron chi connectivity index (χ4n) is 4.32. The van der Waals surface area contributed by atoms with Crippen LogP contribution in [0, 0.1) is 0 Å². The molecule has 0 spiro atoms. The van der Waals surface area contributed by atoms with Crippen molar-refractivity contribution in [1.82, 2.24) is 13.8 Å². The van der Waals surface area contributed by atoms with E-state index in [1.165, 1.54) is 31.4 Å². The van der Waals surface area contributed by atoms with E-state index in [4.69, 9.17) is 4.42 Å². The molecule has 10 heteroatoms. The van der Waals surface area contributed by atoms with Gasteiger partial charge in [-0.3, -0.25) is 9.36 Å². The maximum absolute atomic E-state index is 12.8. The van der Waals surface area contributed by atoms with Crippen molar-refractivity contribution in [3.63, 3.8) is 0 Å². The van der Waals surface area contributed by atoms with Crippen LogP contribution in [0.25, 0.3) is 11.1 Å². The summed E-state index contributed by atoms with van der Waals surface area (Å²) in [6.45, 7) is 2.50. The van der Waals surface area contributed by atoms with Crippen LogP contribution in [0.15, 0.2) is 43.8 Å². The lowest BCUT2D eigenvalue weighted by Gasteiger charge is -2.27. The van der Waals surface area contributed by atoms with Crippen molar-refractivity contribution in [2.24, 2.45) is 0 Å². The Kier molecular flexibility index (Phi) is 5.23. The molecule has 0 atom stereocenters. The topological polar surface area (TPSA) is 92.8 Å². The fourth-order valence-corrected chi connectivity index (χ4v) is 6.75. The third-order valence-electron chi connectivity index (χ3n) is 6.05. The number of carbonyl (C=O) groups excluding carboxylic acids is 1. The minimum atomic E-state index is -3.59. The average Bonchev–Trinajstić information content (AvgIpc) is 3.50. The van der Waals surface area contributed by atoms with E-state index in [0.29, 0.717) is 31.7 Å². The molecule has 1 saturated heterocycles. The highest BCUT2D eigenvalue weighted by Crippen LogP contribution is 2.26. The number of amides is 1. The molecule has 0 radical (unpaired) electrons. The second kappa shape index (κ2) is 7.92. The molecule has 4 heterocycles. The lowest BCUT2D eigenvalue weighted by atomic mass is 10.1. The van der Waals surface area contributed by atoms with E-state index in [1.54, 1.807) is 17.4 Å². The summed E-state index contributed by atoms with van der Waals surface area (Å²) in [6.07, 6.45) is 2.75. The molecular weight excluding hydrogens is 438 g/mol. The number of nitrogens with zero attached hydrogens (tertiary/aromatic N) is 3. The number of sulfonamides is 1. The van der Waals surface area contributed by atoms with Gasteiger partial charge in [-0.05, 0) is 48.4 Å². The van der Waals surface area contributed by atoms with Gasteiger partial charge in [0.2, 0.25) is 15.9 Å². The minimum absolute atomic E-state index is 0.00803. The maximum atomic E-state index is 12.8. The zero-order valence-corrected chi connectivity index (χ0v) is 18.6. The van der Waals surface area contributed by atoms with E-state index in [-0.39, 0.29) is 29.4 Å². The van der Waals surface area contributed by atoms with Gasteiger partial charge in [-0.2, -0.15) is 4.31 Å². The molecule has 0 aliphatic carbocycles. The maximum Gasteiger partial charge on any atom is 0.419 e. The molecule has 8 nitrogen and oxygen atoms in total. The van der Waals surface area contributed by atoms with E-state index < -0.39 is 15.8 Å². The Labute approximate surface area is 183 Å². The van der Waals surface area contributed by atoms with Crippen LogP contribution < -0.4 is 5.76 Å². The van der Waals surface area contributed by atoms with E-state index in [2.05, 4.69) is 6.07 Å². The Bertz CT molecular complexity index is 1300. The Hall–Kier alpha value is -2.43. The lowest BCUT2D eigenvalue weighted by molar-refractivity contribution is -0.132. The van der Waals surface area contributed by atoms with Crippen molar-refractivity contribution in [2.75, 3.05) is 19.6 Å². The lowest BCUT2D eigenvalue weighted by Crippen LogP contribution is -2.36. The molecule has 3 aromatic rings. The van der Waals surface area contributed by atoms with Crippen molar-refractivity contribution in [3.8, 4) is 0 Å². The first-order valence-corrected chi connectivity index (χ1v) is 12.7. The van der Waals surface area contributed by atoms with Crippen molar-refractivity contribution >= 4 is 38.4 Å². The van der Waals surface area contributed by atoms with Crippen LogP contribution in [0.3, 0.4) is 0 Å². The molecule has 0 bridgehead atoms. The minimum Gasteiger partial charge on any atom is -0.408 e. The van der Waals surface area contributed by atoms with Gasteiger partial charge in [-0.15, -0.1) is 11.3 Å². The first-order chi connectivity index (χ1) is 14.9. The molecule has 0 saturated carbocycles. The number of fused-ring (bicyclic) bond motifs is 2. The zero-order chi connectivity index (χ0) is 21.6. The van der Waals surface area contributed by atoms with Gasteiger partial charge in [0.1, 0.15) is 0 Å². The second-order valence-corrected chi connectivity index (χ2v) is 10.9. The summed E-state index contributed by atoms with van der Waals surface area (Å²) in [5, 5.41) is 2.05. The highest BCUT2D eigenvalue weighted by molar-refractivity contribution is 7.89. The van der Waals surface area contributed by atoms with Crippen molar-refractivity contribution in [3.05, 3.63) is 50.6 Å². The summed E-state index contributed by atoms with van der Waals surface area (Å²) in [7, 11) is -3.59. The third kappa shape index (κ3) is 3.72. The van der Waals surface area contributed by atoms with Gasteiger partial charge in [0, 0.05) is 50.1 Å². The summed E-state index contributed by atoms with van der Waals surface area (Å²) >= 11 is 1.72. The Morgan fingerprint density at radius 2 is 1.94 bits per heavy atom. The predicted octanol–water partition coefficient (Wildman–Crippen LogP) is 2.42. The standard InChI is InChI=1S/C21H23N3O5S2/c25-20(22-10-5-19-15(14-22)7-12-30-19)6-11-24-17-4-3-16(13-18(17)29-21(24)26)31(27,28)23-8-1-2-9-23/h3-4,7,12-13H,1-2,5-6,8-11,14H2. The highest BCUT2D eigenvalue weighted by Gasteiger charge is 2.28. The van der Waals surface area contributed by atoms with Crippen LogP contribution in [-0.4, -0.2) is 47.7 Å². The van der Waals surface area contributed by atoms with E-state index >= 15 is 0 Å². The van der Waals surface area contributed by atoms with E-state index in [9.17, 15) is 18.0 Å². The summed E-state index contributed by atoms with van der Waals surface area (Å²) in [5.74, 6) is -0.594. The van der Waals surface area contributed by atoms with Crippen LogP contribution in [0.1, 0.15) is 29.7 Å². The van der Waals surface area contributed by atoms with Gasteiger partial charge in [0.25, 0.3) is 0 Å². The average molecular weight is 462 g/mol. The van der Waals surface area contributed by atoms with Crippen LogP contribution in [0.2, 0.25) is 0 Å². The molecule has 0 unspecified atom stereocenters.